The van der Waals surface area contributed by atoms with Crippen LogP contribution in [0, 0.1) is 0 Å². The molecule has 8 heteroatoms. The molecule has 0 spiro atoms. The Morgan fingerprint density at radius 2 is 1.90 bits per heavy atom. The van der Waals surface area contributed by atoms with Gasteiger partial charge in [-0.2, -0.15) is 4.31 Å². The minimum Gasteiger partial charge on any atom is -0.398 e. The summed E-state index contributed by atoms with van der Waals surface area (Å²) < 4.78 is 47.9. The highest BCUT2D eigenvalue weighted by Crippen LogP contribution is 2.25. The van der Waals surface area contributed by atoms with E-state index >= 15 is 0 Å². The van der Waals surface area contributed by atoms with Crippen LogP contribution in [0.5, 0.6) is 0 Å². The fourth-order valence-corrected chi connectivity index (χ4v) is 5.21. The number of sulfone groups is 1. The maximum absolute atomic E-state index is 12.2. The molecule has 112 valence electrons. The molecule has 0 atom stereocenters. The Labute approximate surface area is 119 Å². The molecule has 0 saturated carbocycles. The van der Waals surface area contributed by atoms with E-state index in [1.165, 1.54) is 4.31 Å². The summed E-state index contributed by atoms with van der Waals surface area (Å²) in [6.45, 7) is 0.580. The summed E-state index contributed by atoms with van der Waals surface area (Å²) in [5.41, 5.74) is 8.32. The number of hydrogen-bond donors (Lipinski definition) is 1. The fourth-order valence-electron chi connectivity index (χ4n) is 2.21. The van der Waals surface area contributed by atoms with Crippen LogP contribution in [0.2, 0.25) is 0 Å². The van der Waals surface area contributed by atoms with Gasteiger partial charge in [0.15, 0.2) is 0 Å². The van der Waals surface area contributed by atoms with Crippen LogP contribution in [0.15, 0.2) is 18.2 Å². The molecular weight excluding hydrogens is 300 g/mol. The maximum atomic E-state index is 12.2. The normalized spacial score (nSPS) is 16.9. The van der Waals surface area contributed by atoms with Gasteiger partial charge in [0.1, 0.15) is 9.84 Å². The minimum atomic E-state index is -3.58. The van der Waals surface area contributed by atoms with Gasteiger partial charge in [-0.1, -0.05) is 12.1 Å². The van der Waals surface area contributed by atoms with Gasteiger partial charge in [0.25, 0.3) is 0 Å². The quantitative estimate of drug-likeness (QED) is 0.788. The fraction of sp³-hybridized carbons (Fsp3) is 0.500. The second-order valence-electron chi connectivity index (χ2n) is 5.01. The zero-order chi connectivity index (χ0) is 15.0. The number of anilines is 1. The van der Waals surface area contributed by atoms with Crippen molar-refractivity contribution in [2.45, 2.75) is 13.0 Å². The predicted octanol–water partition coefficient (Wildman–Crippen LogP) is 0.00130. The molecule has 0 radical (unpaired) electrons. The van der Waals surface area contributed by atoms with Gasteiger partial charge >= 0.3 is 0 Å². The number of sulfonamides is 1. The van der Waals surface area contributed by atoms with Crippen molar-refractivity contribution in [2.75, 3.05) is 30.0 Å². The van der Waals surface area contributed by atoms with E-state index in [-0.39, 0.29) is 18.1 Å². The van der Waals surface area contributed by atoms with Crippen LogP contribution < -0.4 is 5.73 Å². The molecule has 1 aliphatic heterocycles. The van der Waals surface area contributed by atoms with E-state index in [2.05, 4.69) is 0 Å². The molecule has 0 unspecified atom stereocenters. The molecule has 0 bridgehead atoms. The minimum absolute atomic E-state index is 0.216. The summed E-state index contributed by atoms with van der Waals surface area (Å²) in [4.78, 5) is 0. The third-order valence-electron chi connectivity index (χ3n) is 3.38. The molecule has 2 N–H and O–H groups in total. The van der Waals surface area contributed by atoms with Crippen molar-refractivity contribution in [2.24, 2.45) is 0 Å². The summed E-state index contributed by atoms with van der Waals surface area (Å²) in [5.74, 6) is -0.739. The van der Waals surface area contributed by atoms with Crippen molar-refractivity contribution in [1.29, 1.82) is 0 Å². The zero-order valence-electron chi connectivity index (χ0n) is 11.2. The highest BCUT2D eigenvalue weighted by molar-refractivity contribution is 7.93. The summed E-state index contributed by atoms with van der Waals surface area (Å²) in [6, 6.07) is 5.53. The van der Waals surface area contributed by atoms with Gasteiger partial charge in [-0.05, 0) is 23.6 Å². The second-order valence-corrected chi connectivity index (χ2v) is 9.36. The first-order valence-electron chi connectivity index (χ1n) is 6.21. The van der Waals surface area contributed by atoms with E-state index in [0.29, 0.717) is 18.7 Å². The summed E-state index contributed by atoms with van der Waals surface area (Å²) in [7, 11) is -6.87. The van der Waals surface area contributed by atoms with Crippen molar-refractivity contribution >= 4 is 25.5 Å². The van der Waals surface area contributed by atoms with Crippen molar-refractivity contribution in [3.63, 3.8) is 0 Å². The van der Waals surface area contributed by atoms with Crippen molar-refractivity contribution in [3.05, 3.63) is 29.3 Å². The Balaban J connectivity index is 2.18. The van der Waals surface area contributed by atoms with Gasteiger partial charge in [0, 0.05) is 25.0 Å². The SMILES string of the molecule is CS(=O)(=O)CCS(=O)(=O)N1CCc2cccc(N)c2C1. The highest BCUT2D eigenvalue weighted by Gasteiger charge is 2.28. The third-order valence-corrected chi connectivity index (χ3v) is 6.40. The lowest BCUT2D eigenvalue weighted by molar-refractivity contribution is 0.393. The number of hydrogen-bond acceptors (Lipinski definition) is 5. The average Bonchev–Trinajstić information content (AvgIpc) is 2.36. The lowest BCUT2D eigenvalue weighted by Crippen LogP contribution is -2.39. The Kier molecular flexibility index (Phi) is 4.08. The van der Waals surface area contributed by atoms with Crippen molar-refractivity contribution < 1.29 is 16.8 Å². The Hall–Kier alpha value is -1.12. The molecular formula is C12H18N2O4S2. The Morgan fingerprint density at radius 3 is 2.55 bits per heavy atom. The summed E-state index contributed by atoms with van der Waals surface area (Å²) in [5, 5.41) is 0. The van der Waals surface area contributed by atoms with Crippen LogP contribution in [0.4, 0.5) is 5.69 Å². The molecule has 1 heterocycles. The smallest absolute Gasteiger partial charge is 0.215 e. The Morgan fingerprint density at radius 1 is 1.20 bits per heavy atom. The van der Waals surface area contributed by atoms with Gasteiger partial charge < -0.3 is 5.73 Å². The number of benzene rings is 1. The molecule has 1 aliphatic rings. The molecule has 2 rings (SSSR count). The van der Waals surface area contributed by atoms with E-state index in [1.54, 1.807) is 6.07 Å². The first-order chi connectivity index (χ1) is 9.19. The largest absolute Gasteiger partial charge is 0.398 e. The maximum Gasteiger partial charge on any atom is 0.215 e. The topological polar surface area (TPSA) is 97.5 Å². The van der Waals surface area contributed by atoms with E-state index in [9.17, 15) is 16.8 Å². The van der Waals surface area contributed by atoms with Crippen molar-refractivity contribution in [1.82, 2.24) is 4.31 Å². The predicted molar refractivity (Wildman–Crippen MR) is 78.5 cm³/mol. The molecule has 1 aromatic rings. The Bertz CT molecular complexity index is 711. The molecule has 0 aromatic heterocycles. The van der Waals surface area contributed by atoms with Gasteiger partial charge in [0.2, 0.25) is 10.0 Å². The van der Waals surface area contributed by atoms with Crippen LogP contribution in [-0.2, 0) is 32.8 Å². The summed E-state index contributed by atoms with van der Waals surface area (Å²) >= 11 is 0. The first-order valence-corrected chi connectivity index (χ1v) is 9.88. The third kappa shape index (κ3) is 3.50. The highest BCUT2D eigenvalue weighted by atomic mass is 32.2. The van der Waals surface area contributed by atoms with E-state index in [4.69, 9.17) is 5.73 Å². The van der Waals surface area contributed by atoms with Crippen LogP contribution in [0.3, 0.4) is 0 Å². The van der Waals surface area contributed by atoms with Crippen LogP contribution in [-0.4, -0.2) is 45.4 Å². The zero-order valence-corrected chi connectivity index (χ0v) is 12.9. The van der Waals surface area contributed by atoms with E-state index < -0.39 is 19.9 Å². The summed E-state index contributed by atoms with van der Waals surface area (Å²) in [6.07, 6.45) is 1.63. The molecule has 6 nitrogen and oxygen atoms in total. The number of rotatable bonds is 4. The van der Waals surface area contributed by atoms with Crippen LogP contribution >= 0.6 is 0 Å². The molecule has 0 aliphatic carbocycles. The number of nitrogen functional groups attached to an aromatic ring is 1. The van der Waals surface area contributed by atoms with Crippen LogP contribution in [0.1, 0.15) is 11.1 Å². The van der Waals surface area contributed by atoms with Gasteiger partial charge in [-0.25, -0.2) is 16.8 Å². The monoisotopic (exact) mass is 318 g/mol. The van der Waals surface area contributed by atoms with E-state index in [0.717, 1.165) is 17.4 Å². The lowest BCUT2D eigenvalue weighted by atomic mass is 10.00. The van der Waals surface area contributed by atoms with Crippen LogP contribution in [0.25, 0.3) is 0 Å². The standard InChI is InChI=1S/C12H18N2O4S2/c1-19(15,16)7-8-20(17,18)14-6-5-10-3-2-4-12(13)11(10)9-14/h2-4H,5-9,13H2,1H3. The molecule has 0 fully saturated rings. The molecule has 0 amide bonds. The van der Waals surface area contributed by atoms with Gasteiger partial charge in [-0.3, -0.25) is 0 Å². The number of nitrogens with two attached hydrogens (primary N) is 1. The second kappa shape index (κ2) is 5.34. The van der Waals surface area contributed by atoms with Gasteiger partial charge in [0.05, 0.1) is 11.5 Å². The average molecular weight is 318 g/mol. The van der Waals surface area contributed by atoms with E-state index in [1.807, 2.05) is 12.1 Å². The first kappa shape index (κ1) is 15.3. The number of fused-ring (bicyclic) bond motifs is 1. The number of nitrogens with zero attached hydrogens (tertiary/aromatic N) is 1. The van der Waals surface area contributed by atoms with Crippen molar-refractivity contribution in [3.8, 4) is 0 Å². The molecule has 1 aromatic carbocycles. The lowest BCUT2D eigenvalue weighted by Gasteiger charge is -2.28. The molecule has 20 heavy (non-hydrogen) atoms. The molecule has 0 saturated heterocycles. The van der Waals surface area contributed by atoms with Gasteiger partial charge in [-0.15, -0.1) is 0 Å².